The minimum Gasteiger partial charge on any atom is -0.469 e. The molecule has 0 aliphatic heterocycles. The molecule has 0 aromatic rings. The molecule has 0 aromatic carbocycles. The molecule has 3 heteroatoms. The van der Waals surface area contributed by atoms with Gasteiger partial charge in [-0.05, 0) is 30.1 Å². The Morgan fingerprint density at radius 3 is 2.86 bits per heavy atom. The van der Waals surface area contributed by atoms with Crippen molar-refractivity contribution >= 4 is 5.97 Å². The van der Waals surface area contributed by atoms with Crippen molar-refractivity contribution in [3.63, 3.8) is 0 Å². The molecule has 0 radical (unpaired) electrons. The maximum atomic E-state index is 11.3. The Hall–Kier alpha value is -0.830. The second-order valence-electron chi connectivity index (χ2n) is 4.28. The molecule has 78 valence electrons. The molecule has 0 unspecified atom stereocenters. The van der Waals surface area contributed by atoms with E-state index in [-0.39, 0.29) is 24.4 Å². The molecule has 5 atom stereocenters. The maximum absolute atomic E-state index is 11.3. The van der Waals surface area contributed by atoms with E-state index in [2.05, 4.69) is 6.58 Å². The lowest BCUT2D eigenvalue weighted by molar-refractivity contribution is -0.142. The molecule has 2 rings (SSSR count). The molecule has 2 aliphatic rings. The third-order valence-corrected chi connectivity index (χ3v) is 3.58. The largest absolute Gasteiger partial charge is 0.469 e. The number of hydrogen-bond donors (Lipinski definition) is 1. The van der Waals surface area contributed by atoms with E-state index >= 15 is 0 Å². The fourth-order valence-electron chi connectivity index (χ4n) is 2.62. The van der Waals surface area contributed by atoms with Gasteiger partial charge in [-0.2, -0.15) is 0 Å². The van der Waals surface area contributed by atoms with Gasteiger partial charge < -0.3 is 9.84 Å². The number of allylic oxidation sites excluding steroid dienone is 1. The Kier molecular flexibility index (Phi) is 2.35. The molecule has 0 aromatic heterocycles. The number of hydrogen-bond acceptors (Lipinski definition) is 3. The van der Waals surface area contributed by atoms with Crippen LogP contribution in [0.1, 0.15) is 6.42 Å². The summed E-state index contributed by atoms with van der Waals surface area (Å²) >= 11 is 0. The number of aliphatic hydroxyl groups is 1. The van der Waals surface area contributed by atoms with Crippen LogP contribution in [0.15, 0.2) is 12.7 Å². The van der Waals surface area contributed by atoms with Crippen molar-refractivity contribution in [1.82, 2.24) is 0 Å². The van der Waals surface area contributed by atoms with Crippen molar-refractivity contribution in [2.24, 2.45) is 29.6 Å². The summed E-state index contributed by atoms with van der Waals surface area (Å²) in [5.74, 6) is 1.49. The summed E-state index contributed by atoms with van der Waals surface area (Å²) in [7, 11) is 1.42. The van der Waals surface area contributed by atoms with Gasteiger partial charge in [0.2, 0.25) is 0 Å². The predicted octanol–water partition coefficient (Wildman–Crippen LogP) is 0.836. The number of ether oxygens (including phenoxy) is 1. The number of aliphatic hydroxyl groups excluding tert-OH is 1. The highest BCUT2D eigenvalue weighted by molar-refractivity contribution is 5.77. The number of esters is 1. The molecule has 2 fully saturated rings. The molecule has 0 saturated heterocycles. The molecular weight excluding hydrogens is 180 g/mol. The number of carbonyl (C=O) groups is 1. The van der Waals surface area contributed by atoms with Crippen LogP contribution in [0.2, 0.25) is 0 Å². The van der Waals surface area contributed by atoms with E-state index in [1.807, 2.05) is 6.08 Å². The first-order valence-electron chi connectivity index (χ1n) is 5.05. The zero-order valence-electron chi connectivity index (χ0n) is 8.35. The van der Waals surface area contributed by atoms with Gasteiger partial charge in [-0.1, -0.05) is 6.08 Å². The average molecular weight is 196 g/mol. The SMILES string of the molecule is C=C[C@H]1[C@H](C(=O)OC)[C@H]1[C@@H]1C[C@H]1CO. The third kappa shape index (κ3) is 1.36. The molecule has 14 heavy (non-hydrogen) atoms. The van der Waals surface area contributed by atoms with Crippen LogP contribution in [-0.4, -0.2) is 24.8 Å². The van der Waals surface area contributed by atoms with Crippen LogP contribution < -0.4 is 0 Å². The molecule has 2 aliphatic carbocycles. The minimum atomic E-state index is -0.122. The van der Waals surface area contributed by atoms with Gasteiger partial charge in [0.05, 0.1) is 13.0 Å². The third-order valence-electron chi connectivity index (χ3n) is 3.58. The van der Waals surface area contributed by atoms with Crippen LogP contribution in [0, 0.1) is 29.6 Å². The van der Waals surface area contributed by atoms with E-state index in [1.54, 1.807) is 0 Å². The molecule has 2 saturated carbocycles. The van der Waals surface area contributed by atoms with Crippen LogP contribution in [0.4, 0.5) is 0 Å². The standard InChI is InChI=1S/C11H16O3/c1-3-7-9(8-4-6(8)5-12)10(7)11(13)14-2/h3,6-10,12H,1,4-5H2,2H3/t6-,7+,8+,9+,10-/m0/s1. The van der Waals surface area contributed by atoms with E-state index < -0.39 is 0 Å². The van der Waals surface area contributed by atoms with Crippen molar-refractivity contribution in [3.05, 3.63) is 12.7 Å². The second kappa shape index (κ2) is 3.39. The Bertz CT molecular complexity index is 261. The van der Waals surface area contributed by atoms with Crippen molar-refractivity contribution in [1.29, 1.82) is 0 Å². The molecule has 0 amide bonds. The second-order valence-corrected chi connectivity index (χ2v) is 4.28. The van der Waals surface area contributed by atoms with E-state index in [4.69, 9.17) is 9.84 Å². The zero-order valence-corrected chi connectivity index (χ0v) is 8.35. The lowest BCUT2D eigenvalue weighted by Gasteiger charge is -1.96. The predicted molar refractivity (Wildman–Crippen MR) is 51.4 cm³/mol. The lowest BCUT2D eigenvalue weighted by atomic mass is 10.1. The van der Waals surface area contributed by atoms with Crippen molar-refractivity contribution < 1.29 is 14.6 Å². The summed E-state index contributed by atoms with van der Waals surface area (Å²) in [4.78, 5) is 11.3. The first kappa shape index (κ1) is 9.71. The Balaban J connectivity index is 1.95. The van der Waals surface area contributed by atoms with Crippen LogP contribution in [-0.2, 0) is 9.53 Å². The number of carbonyl (C=O) groups excluding carboxylic acids is 1. The molecule has 1 N–H and O–H groups in total. The first-order valence-corrected chi connectivity index (χ1v) is 5.05. The molecule has 3 nitrogen and oxygen atoms in total. The normalized spacial score (nSPS) is 44.3. The number of rotatable bonds is 4. The summed E-state index contributed by atoms with van der Waals surface area (Å²) < 4.78 is 4.73. The topological polar surface area (TPSA) is 46.5 Å². The highest BCUT2D eigenvalue weighted by atomic mass is 16.5. The van der Waals surface area contributed by atoms with E-state index in [9.17, 15) is 4.79 Å². The van der Waals surface area contributed by atoms with Crippen molar-refractivity contribution in [2.75, 3.05) is 13.7 Å². The van der Waals surface area contributed by atoms with E-state index in [1.165, 1.54) is 7.11 Å². The summed E-state index contributed by atoms with van der Waals surface area (Å²) in [5.41, 5.74) is 0. The first-order chi connectivity index (χ1) is 6.74. The Morgan fingerprint density at radius 2 is 2.43 bits per heavy atom. The molecule has 0 spiro atoms. The summed E-state index contributed by atoms with van der Waals surface area (Å²) in [6.07, 6.45) is 2.90. The van der Waals surface area contributed by atoms with Crippen molar-refractivity contribution in [2.45, 2.75) is 6.42 Å². The van der Waals surface area contributed by atoms with Gasteiger partial charge in [-0.3, -0.25) is 4.79 Å². The highest BCUT2D eigenvalue weighted by Gasteiger charge is 2.62. The van der Waals surface area contributed by atoms with Gasteiger partial charge in [0.15, 0.2) is 0 Å². The highest BCUT2D eigenvalue weighted by Crippen LogP contribution is 2.62. The van der Waals surface area contributed by atoms with Crippen LogP contribution >= 0.6 is 0 Å². The Morgan fingerprint density at radius 1 is 1.71 bits per heavy atom. The molecule has 0 heterocycles. The monoisotopic (exact) mass is 196 g/mol. The fraction of sp³-hybridized carbons (Fsp3) is 0.727. The molecular formula is C11H16O3. The van der Waals surface area contributed by atoms with Gasteiger partial charge in [0.1, 0.15) is 0 Å². The van der Waals surface area contributed by atoms with Gasteiger partial charge in [-0.15, -0.1) is 6.58 Å². The average Bonchev–Trinajstić information content (AvgIpc) is 3.07. The summed E-state index contributed by atoms with van der Waals surface area (Å²) in [6.45, 7) is 3.98. The van der Waals surface area contributed by atoms with Gasteiger partial charge in [0, 0.05) is 6.61 Å². The smallest absolute Gasteiger partial charge is 0.309 e. The van der Waals surface area contributed by atoms with Gasteiger partial charge in [-0.25, -0.2) is 0 Å². The zero-order chi connectivity index (χ0) is 10.3. The quantitative estimate of drug-likeness (QED) is 0.535. The lowest BCUT2D eigenvalue weighted by Crippen LogP contribution is -2.06. The maximum Gasteiger partial charge on any atom is 0.309 e. The van der Waals surface area contributed by atoms with E-state index in [0.29, 0.717) is 17.8 Å². The van der Waals surface area contributed by atoms with Gasteiger partial charge in [0.25, 0.3) is 0 Å². The van der Waals surface area contributed by atoms with Crippen LogP contribution in [0.3, 0.4) is 0 Å². The van der Waals surface area contributed by atoms with E-state index in [0.717, 1.165) is 6.42 Å². The van der Waals surface area contributed by atoms with Crippen LogP contribution in [0.5, 0.6) is 0 Å². The van der Waals surface area contributed by atoms with Gasteiger partial charge >= 0.3 is 5.97 Å². The van der Waals surface area contributed by atoms with Crippen molar-refractivity contribution in [3.8, 4) is 0 Å². The fourth-order valence-corrected chi connectivity index (χ4v) is 2.62. The minimum absolute atomic E-state index is 0.0130. The Labute approximate surface area is 83.8 Å². The molecule has 0 bridgehead atoms. The summed E-state index contributed by atoms with van der Waals surface area (Å²) in [6, 6.07) is 0. The number of methoxy groups -OCH3 is 1. The van der Waals surface area contributed by atoms with Crippen LogP contribution in [0.25, 0.3) is 0 Å². The summed E-state index contributed by atoms with van der Waals surface area (Å²) in [5, 5.41) is 8.95.